The minimum Gasteiger partial charge on any atom is -0.396 e. The molecular formula is C24H42O. The first-order valence-corrected chi connectivity index (χ1v) is 11.0. The predicted octanol–water partition coefficient (Wildman–Crippen LogP) is 7.49. The number of unbranched alkanes of at least 4 members (excludes halogenated alkanes) is 4. The third kappa shape index (κ3) is 10.7. The normalized spacial score (nSPS) is 13.7. The highest BCUT2D eigenvalue weighted by molar-refractivity contribution is 5.19. The summed E-state index contributed by atoms with van der Waals surface area (Å²) < 4.78 is 0. The van der Waals surface area contributed by atoms with E-state index >= 15 is 0 Å². The highest BCUT2D eigenvalue weighted by atomic mass is 16.2. The van der Waals surface area contributed by atoms with E-state index in [-0.39, 0.29) is 0 Å². The van der Waals surface area contributed by atoms with Crippen LogP contribution in [0.15, 0.2) is 30.3 Å². The molecule has 0 aromatic heterocycles. The van der Waals surface area contributed by atoms with Crippen molar-refractivity contribution in [3.05, 3.63) is 35.9 Å². The molecule has 2 unspecified atom stereocenters. The molecule has 0 aliphatic rings. The average Bonchev–Trinajstić information content (AvgIpc) is 2.64. The first-order chi connectivity index (χ1) is 12.3. The van der Waals surface area contributed by atoms with Gasteiger partial charge in [-0.05, 0) is 36.7 Å². The van der Waals surface area contributed by atoms with Crippen LogP contribution < -0.4 is 0 Å². The molecule has 0 saturated heterocycles. The van der Waals surface area contributed by atoms with E-state index in [4.69, 9.17) is 5.11 Å². The van der Waals surface area contributed by atoms with Crippen molar-refractivity contribution in [2.75, 3.05) is 6.61 Å². The zero-order valence-corrected chi connectivity index (χ0v) is 16.9. The van der Waals surface area contributed by atoms with Crippen molar-refractivity contribution in [2.45, 2.75) is 103 Å². The van der Waals surface area contributed by atoms with Gasteiger partial charge in [0.2, 0.25) is 0 Å². The number of aliphatic hydroxyl groups excluding tert-OH is 1. The summed E-state index contributed by atoms with van der Waals surface area (Å²) in [5.74, 6) is 1.62. The van der Waals surface area contributed by atoms with Crippen LogP contribution in [0.4, 0.5) is 0 Å². The molecule has 2 atom stereocenters. The van der Waals surface area contributed by atoms with Gasteiger partial charge in [-0.3, -0.25) is 0 Å². The maximum absolute atomic E-state index is 9.08. The Bertz CT molecular complexity index is 386. The summed E-state index contributed by atoms with van der Waals surface area (Å²) in [6.45, 7) is 4.96. The highest BCUT2D eigenvalue weighted by Crippen LogP contribution is 2.30. The van der Waals surface area contributed by atoms with Crippen LogP contribution in [-0.2, 0) is 0 Å². The Morgan fingerprint density at radius 3 is 2.04 bits per heavy atom. The van der Waals surface area contributed by atoms with E-state index in [0.29, 0.717) is 12.5 Å². The van der Waals surface area contributed by atoms with Crippen molar-refractivity contribution >= 4 is 0 Å². The molecule has 0 aliphatic heterocycles. The quantitative estimate of drug-likeness (QED) is 0.307. The standard InChI is InChI=1S/C24H42O/c1-3-5-6-8-15-22(14-4-2)16-13-20-24(19-11-12-21-25)23-17-9-7-10-18-23/h7,9-10,17-18,22,24-25H,3-6,8,11-16,19-21H2,1-2H3. The lowest BCUT2D eigenvalue weighted by Crippen LogP contribution is -2.04. The minimum atomic E-state index is 0.331. The van der Waals surface area contributed by atoms with Crippen LogP contribution in [0, 0.1) is 5.92 Å². The molecule has 0 bridgehead atoms. The Balaban J connectivity index is 2.41. The summed E-state index contributed by atoms with van der Waals surface area (Å²) in [7, 11) is 0. The van der Waals surface area contributed by atoms with Crippen LogP contribution >= 0.6 is 0 Å². The van der Waals surface area contributed by atoms with Crippen LogP contribution in [0.3, 0.4) is 0 Å². The van der Waals surface area contributed by atoms with E-state index in [1.807, 2.05) is 0 Å². The van der Waals surface area contributed by atoms with E-state index in [1.54, 1.807) is 0 Å². The summed E-state index contributed by atoms with van der Waals surface area (Å²) in [4.78, 5) is 0. The average molecular weight is 347 g/mol. The van der Waals surface area contributed by atoms with E-state index < -0.39 is 0 Å². The molecule has 0 fully saturated rings. The fourth-order valence-electron chi connectivity index (χ4n) is 4.06. The van der Waals surface area contributed by atoms with E-state index in [0.717, 1.165) is 18.8 Å². The fraction of sp³-hybridized carbons (Fsp3) is 0.750. The van der Waals surface area contributed by atoms with Gasteiger partial charge in [0.05, 0.1) is 0 Å². The summed E-state index contributed by atoms with van der Waals surface area (Å²) >= 11 is 0. The summed E-state index contributed by atoms with van der Waals surface area (Å²) in [6, 6.07) is 11.0. The molecule has 1 heteroatoms. The number of hydrogen-bond donors (Lipinski definition) is 1. The summed E-state index contributed by atoms with van der Waals surface area (Å²) in [5, 5.41) is 9.08. The first-order valence-electron chi connectivity index (χ1n) is 11.0. The van der Waals surface area contributed by atoms with Gasteiger partial charge in [-0.1, -0.05) is 108 Å². The van der Waals surface area contributed by atoms with Crippen LogP contribution in [0.25, 0.3) is 0 Å². The lowest BCUT2D eigenvalue weighted by atomic mass is 9.85. The van der Waals surface area contributed by atoms with E-state index in [2.05, 4.69) is 44.2 Å². The number of aliphatic hydroxyl groups is 1. The Labute approximate surface area is 157 Å². The molecule has 25 heavy (non-hydrogen) atoms. The molecule has 0 heterocycles. The first kappa shape index (κ1) is 22.2. The minimum absolute atomic E-state index is 0.331. The maximum atomic E-state index is 9.08. The fourth-order valence-corrected chi connectivity index (χ4v) is 4.06. The Morgan fingerprint density at radius 1 is 0.680 bits per heavy atom. The van der Waals surface area contributed by atoms with Gasteiger partial charge in [-0.15, -0.1) is 0 Å². The summed E-state index contributed by atoms with van der Waals surface area (Å²) in [5.41, 5.74) is 1.50. The molecule has 1 N–H and O–H groups in total. The van der Waals surface area contributed by atoms with Gasteiger partial charge in [-0.2, -0.15) is 0 Å². The lowest BCUT2D eigenvalue weighted by Gasteiger charge is -2.20. The van der Waals surface area contributed by atoms with E-state index in [1.165, 1.54) is 76.2 Å². The lowest BCUT2D eigenvalue weighted by molar-refractivity contribution is 0.280. The molecule has 0 spiro atoms. The van der Waals surface area contributed by atoms with Gasteiger partial charge in [0.15, 0.2) is 0 Å². The zero-order valence-electron chi connectivity index (χ0n) is 16.9. The summed E-state index contributed by atoms with van der Waals surface area (Å²) in [6.07, 6.45) is 17.2. The molecule has 1 rings (SSSR count). The third-order valence-electron chi connectivity index (χ3n) is 5.56. The molecule has 1 nitrogen and oxygen atoms in total. The number of hydrogen-bond acceptors (Lipinski definition) is 1. The van der Waals surface area contributed by atoms with Crippen molar-refractivity contribution in [2.24, 2.45) is 5.92 Å². The molecule has 144 valence electrons. The second-order valence-electron chi connectivity index (χ2n) is 7.76. The van der Waals surface area contributed by atoms with Gasteiger partial charge >= 0.3 is 0 Å². The van der Waals surface area contributed by atoms with Crippen LogP contribution in [0.5, 0.6) is 0 Å². The third-order valence-corrected chi connectivity index (χ3v) is 5.56. The van der Waals surface area contributed by atoms with Crippen LogP contribution in [-0.4, -0.2) is 11.7 Å². The van der Waals surface area contributed by atoms with Gasteiger partial charge in [0.25, 0.3) is 0 Å². The number of benzene rings is 1. The number of rotatable bonds is 16. The molecule has 0 saturated carbocycles. The smallest absolute Gasteiger partial charge is 0.0431 e. The zero-order chi connectivity index (χ0) is 18.2. The molecule has 0 aliphatic carbocycles. The van der Waals surface area contributed by atoms with Crippen molar-refractivity contribution in [1.29, 1.82) is 0 Å². The Hall–Kier alpha value is -0.820. The van der Waals surface area contributed by atoms with Crippen molar-refractivity contribution < 1.29 is 5.11 Å². The monoisotopic (exact) mass is 346 g/mol. The Morgan fingerprint density at radius 2 is 1.36 bits per heavy atom. The molecular weight excluding hydrogens is 304 g/mol. The Kier molecular flexibility index (Phi) is 13.7. The predicted molar refractivity (Wildman–Crippen MR) is 111 cm³/mol. The van der Waals surface area contributed by atoms with Gasteiger partial charge in [0.1, 0.15) is 0 Å². The SMILES string of the molecule is CCCCCCC(CCC)CCCC(CCCCO)c1ccccc1. The highest BCUT2D eigenvalue weighted by Gasteiger charge is 2.13. The van der Waals surface area contributed by atoms with Crippen LogP contribution in [0.2, 0.25) is 0 Å². The second kappa shape index (κ2) is 15.4. The van der Waals surface area contributed by atoms with Crippen molar-refractivity contribution in [3.63, 3.8) is 0 Å². The molecule has 1 aromatic carbocycles. The van der Waals surface area contributed by atoms with Gasteiger partial charge in [-0.25, -0.2) is 0 Å². The van der Waals surface area contributed by atoms with Crippen molar-refractivity contribution in [3.8, 4) is 0 Å². The van der Waals surface area contributed by atoms with Crippen LogP contribution in [0.1, 0.15) is 109 Å². The topological polar surface area (TPSA) is 20.2 Å². The molecule has 1 aromatic rings. The van der Waals surface area contributed by atoms with Crippen molar-refractivity contribution in [1.82, 2.24) is 0 Å². The maximum Gasteiger partial charge on any atom is 0.0431 e. The van der Waals surface area contributed by atoms with Gasteiger partial charge in [0, 0.05) is 6.61 Å². The second-order valence-corrected chi connectivity index (χ2v) is 7.76. The molecule has 0 radical (unpaired) electrons. The van der Waals surface area contributed by atoms with Gasteiger partial charge < -0.3 is 5.11 Å². The largest absolute Gasteiger partial charge is 0.396 e. The molecule has 0 amide bonds. The van der Waals surface area contributed by atoms with E-state index in [9.17, 15) is 0 Å².